The number of carbonyl (C=O) groups excluding carboxylic acids is 4. The van der Waals surface area contributed by atoms with Crippen LogP contribution in [-0.4, -0.2) is 110 Å². The Morgan fingerprint density at radius 3 is 2.06 bits per heavy atom. The molecule has 85 heavy (non-hydrogen) atoms. The van der Waals surface area contributed by atoms with Crippen LogP contribution in [0.5, 0.6) is 11.5 Å². The second-order valence-corrected chi connectivity index (χ2v) is 22.4. The monoisotopic (exact) mass is 1170 g/mol. The van der Waals surface area contributed by atoms with Crippen molar-refractivity contribution in [2.75, 3.05) is 52.9 Å². The first-order chi connectivity index (χ1) is 41.4. The van der Waals surface area contributed by atoms with Crippen molar-refractivity contribution in [3.8, 4) is 28.7 Å². The summed E-state index contributed by atoms with van der Waals surface area (Å²) >= 11 is 0. The van der Waals surface area contributed by atoms with Gasteiger partial charge in [0.15, 0.2) is 12.0 Å². The minimum atomic E-state index is -1.72. The topological polar surface area (TPSA) is 238 Å². The van der Waals surface area contributed by atoms with Crippen molar-refractivity contribution in [1.29, 1.82) is 5.26 Å². The van der Waals surface area contributed by atoms with Gasteiger partial charge >= 0.3 is 6.09 Å². The third kappa shape index (κ3) is 13.5. The van der Waals surface area contributed by atoms with Crippen LogP contribution in [0.2, 0.25) is 0 Å². The maximum Gasteiger partial charge on any atom is 0.407 e. The van der Waals surface area contributed by atoms with Crippen molar-refractivity contribution in [2.24, 2.45) is 0 Å². The number of hydrogen-bond acceptors (Lipinski definition) is 15. The zero-order valence-electron chi connectivity index (χ0n) is 47.9. The Kier molecular flexibility index (Phi) is 19.1. The van der Waals surface area contributed by atoms with Crippen LogP contribution in [-0.2, 0) is 40.2 Å². The van der Waals surface area contributed by atoms with Crippen molar-refractivity contribution >= 4 is 38.2 Å². The highest BCUT2D eigenvalue weighted by Crippen LogP contribution is 2.50. The first kappa shape index (κ1) is 59.5. The van der Waals surface area contributed by atoms with Gasteiger partial charge in [0.25, 0.3) is 20.3 Å². The molecule has 2 unspecified atom stereocenters. The highest BCUT2D eigenvalue weighted by Gasteiger charge is 2.46. The molecule has 0 radical (unpaired) electrons. The number of aromatic nitrogens is 2. The SMILES string of the molecule is COc1ccc(C(OC[C@H]2O[C@@H](n3cnc4c3NC(NC(=O)CCNC(=O)c3ccc(CNC(=O)OCC5c6ccccc6-c6ccccc65)cc3)NC4=O)C[C@H]2OP(OCCC#N)N(C)C(C)C)(c2ccccc2)c2ccc(OC)cc2)cc1. The van der Waals surface area contributed by atoms with Crippen LogP contribution >= 0.6 is 8.53 Å². The van der Waals surface area contributed by atoms with Crippen molar-refractivity contribution in [1.82, 2.24) is 35.5 Å². The number of nitrogens with one attached hydrogen (secondary N) is 5. The molecular weight excluding hydrogens is 1100 g/mol. The summed E-state index contributed by atoms with van der Waals surface area (Å²) in [5, 5.41) is 23.8. The summed E-state index contributed by atoms with van der Waals surface area (Å²) in [4.78, 5) is 57.5. The van der Waals surface area contributed by atoms with E-state index in [1.165, 1.54) is 6.33 Å². The first-order valence-electron chi connectivity index (χ1n) is 28.1. The van der Waals surface area contributed by atoms with Gasteiger partial charge in [-0.05, 0) is 102 Å². The lowest BCUT2D eigenvalue weighted by atomic mass is 9.80. The average molecular weight is 1170 g/mol. The van der Waals surface area contributed by atoms with E-state index in [2.05, 4.69) is 61.9 Å². The number of alkyl carbamates (subject to hydrolysis) is 1. The van der Waals surface area contributed by atoms with E-state index in [-0.39, 0.29) is 69.8 Å². The number of methoxy groups -OCH3 is 2. The first-order valence-corrected chi connectivity index (χ1v) is 29.2. The van der Waals surface area contributed by atoms with Gasteiger partial charge in [0.05, 0.1) is 52.4 Å². The molecule has 0 saturated carbocycles. The molecule has 3 aliphatic rings. The van der Waals surface area contributed by atoms with Gasteiger partial charge in [-0.25, -0.2) is 14.4 Å². The van der Waals surface area contributed by atoms with E-state index in [9.17, 15) is 24.4 Å². The molecule has 1 aliphatic carbocycles. The van der Waals surface area contributed by atoms with E-state index in [1.54, 1.807) is 43.1 Å². The molecule has 2 aliphatic heterocycles. The summed E-state index contributed by atoms with van der Waals surface area (Å²) in [5.41, 5.74) is 7.04. The zero-order valence-corrected chi connectivity index (χ0v) is 48.8. The number of carbonyl (C=O) groups is 4. The Balaban J connectivity index is 0.782. The number of imidazole rings is 1. The second kappa shape index (κ2) is 27.4. The number of nitriles is 1. The Hall–Kier alpha value is -8.67. The molecule has 1 fully saturated rings. The van der Waals surface area contributed by atoms with Crippen molar-refractivity contribution < 1.29 is 51.9 Å². The number of anilines is 1. The summed E-state index contributed by atoms with van der Waals surface area (Å²) < 4.78 is 48.0. The molecule has 4 amide bonds. The molecule has 5 N–H and O–H groups in total. The molecule has 7 aromatic rings. The standard InChI is InChI=1S/C64H68N9O11P/c1-41(2)72(3)85(82-35-13-33-65)84-54-36-57(83-55(54)39-81-64(44-14-7-6-8-15-44,45-24-28-47(78-4)29-25-45)46-26-30-48(79-5)31-27-46)73-40-68-58-59(73)70-62(71-61(58)76)69-56(74)32-34-66-60(75)43-22-20-42(21-23-43)37-67-63(77)80-38-53-51-18-11-9-16-49(51)50-17-10-12-19-52(50)53/h6-12,14-31,40-41,53-55,57,62,70H,13,32,34-39H2,1-5H3,(H,66,75)(H,67,77)(H,69,74)(H,71,76)/t54-,55-,57-,62?,85?/m1/s1. The molecule has 3 heterocycles. The largest absolute Gasteiger partial charge is 0.497 e. The number of hydrogen-bond donors (Lipinski definition) is 5. The highest BCUT2D eigenvalue weighted by molar-refractivity contribution is 7.44. The van der Waals surface area contributed by atoms with Gasteiger partial charge < -0.3 is 59.3 Å². The lowest BCUT2D eigenvalue weighted by Gasteiger charge is -2.37. The number of ether oxygens (including phenoxy) is 5. The second-order valence-electron chi connectivity index (χ2n) is 20.8. The predicted molar refractivity (Wildman–Crippen MR) is 318 cm³/mol. The van der Waals surface area contributed by atoms with Gasteiger partial charge in [-0.1, -0.05) is 115 Å². The molecule has 440 valence electrons. The van der Waals surface area contributed by atoms with E-state index in [0.29, 0.717) is 22.9 Å². The van der Waals surface area contributed by atoms with Crippen LogP contribution in [0.25, 0.3) is 11.1 Å². The minimum Gasteiger partial charge on any atom is -0.497 e. The number of rotatable bonds is 25. The molecule has 0 bridgehead atoms. The Morgan fingerprint density at radius 2 is 1.44 bits per heavy atom. The van der Waals surface area contributed by atoms with E-state index in [4.69, 9.17) is 32.7 Å². The fraction of sp³-hybridized carbons (Fsp3) is 0.312. The van der Waals surface area contributed by atoms with Crippen LogP contribution in [0.4, 0.5) is 10.6 Å². The van der Waals surface area contributed by atoms with E-state index in [1.807, 2.05) is 129 Å². The van der Waals surface area contributed by atoms with E-state index in [0.717, 1.165) is 44.5 Å². The summed E-state index contributed by atoms with van der Waals surface area (Å²) in [7, 11) is 3.42. The molecule has 6 aromatic carbocycles. The fourth-order valence-corrected chi connectivity index (χ4v) is 12.1. The van der Waals surface area contributed by atoms with Crippen LogP contribution in [0.3, 0.4) is 0 Å². The number of fused-ring (bicyclic) bond motifs is 4. The fourth-order valence-electron chi connectivity index (χ4n) is 10.6. The van der Waals surface area contributed by atoms with Gasteiger partial charge in [0.1, 0.15) is 41.9 Å². The van der Waals surface area contributed by atoms with Crippen LogP contribution in [0.15, 0.2) is 158 Å². The number of nitrogens with zero attached hydrogens (tertiary/aromatic N) is 4. The minimum absolute atomic E-state index is 0.00236. The summed E-state index contributed by atoms with van der Waals surface area (Å²) in [6, 6.07) is 50.6. The normalized spacial score (nSPS) is 17.4. The van der Waals surface area contributed by atoms with Crippen LogP contribution in [0.1, 0.15) is 99.5 Å². The van der Waals surface area contributed by atoms with Gasteiger partial charge in [0, 0.05) is 43.5 Å². The zero-order chi connectivity index (χ0) is 59.5. The number of benzene rings is 6. The van der Waals surface area contributed by atoms with E-state index >= 15 is 0 Å². The lowest BCUT2D eigenvalue weighted by Crippen LogP contribution is -2.56. The molecule has 21 heteroatoms. The maximum atomic E-state index is 13.6. The van der Waals surface area contributed by atoms with E-state index < -0.39 is 62.7 Å². The van der Waals surface area contributed by atoms with Crippen molar-refractivity contribution in [3.05, 3.63) is 203 Å². The average Bonchev–Trinajstić information content (AvgIpc) is 2.26. The molecule has 5 atom stereocenters. The summed E-state index contributed by atoms with van der Waals surface area (Å²) in [5.74, 6) is 0.198. The van der Waals surface area contributed by atoms with Crippen LogP contribution < -0.4 is 36.1 Å². The maximum absolute atomic E-state index is 13.6. The molecular formula is C64H68N9O11P. The summed E-state index contributed by atoms with van der Waals surface area (Å²) in [6.45, 7) is 4.58. The third-order valence-corrected chi connectivity index (χ3v) is 17.1. The Labute approximate surface area is 495 Å². The highest BCUT2D eigenvalue weighted by atomic mass is 31.2. The van der Waals surface area contributed by atoms with Gasteiger partial charge in [0.2, 0.25) is 5.91 Å². The van der Waals surface area contributed by atoms with Gasteiger partial charge in [-0.15, -0.1) is 0 Å². The number of amides is 4. The Bertz CT molecular complexity index is 3400. The van der Waals surface area contributed by atoms with Gasteiger partial charge in [-0.3, -0.25) is 19.0 Å². The molecule has 20 nitrogen and oxygen atoms in total. The van der Waals surface area contributed by atoms with Gasteiger partial charge in [-0.2, -0.15) is 5.26 Å². The molecule has 1 aromatic heterocycles. The third-order valence-electron chi connectivity index (χ3n) is 15.3. The van der Waals surface area contributed by atoms with Crippen molar-refractivity contribution in [2.45, 2.75) is 81.9 Å². The Morgan fingerprint density at radius 1 is 0.812 bits per heavy atom. The molecule has 1 saturated heterocycles. The lowest BCUT2D eigenvalue weighted by molar-refractivity contribution is -0.121. The predicted octanol–water partition coefficient (Wildman–Crippen LogP) is 9.49. The molecule has 10 rings (SSSR count). The molecule has 0 spiro atoms. The smallest absolute Gasteiger partial charge is 0.407 e. The van der Waals surface area contributed by atoms with Crippen LogP contribution in [0, 0.1) is 11.3 Å². The van der Waals surface area contributed by atoms with Crippen molar-refractivity contribution in [3.63, 3.8) is 0 Å². The summed E-state index contributed by atoms with van der Waals surface area (Å²) in [6.07, 6.45) is -1.94. The quantitative estimate of drug-likeness (QED) is 0.0204.